The number of benzene rings is 1. The summed E-state index contributed by atoms with van der Waals surface area (Å²) in [7, 11) is 3.95. The molecule has 23 heavy (non-hydrogen) atoms. The molecule has 122 valence electrons. The average Bonchev–Trinajstić information content (AvgIpc) is 2.56. The monoisotopic (exact) mass is 313 g/mol. The van der Waals surface area contributed by atoms with Crippen molar-refractivity contribution < 1.29 is 4.79 Å². The molecule has 6 nitrogen and oxygen atoms in total. The zero-order valence-corrected chi connectivity index (χ0v) is 13.8. The zero-order valence-electron chi connectivity index (χ0n) is 13.8. The molecule has 1 aromatic carbocycles. The van der Waals surface area contributed by atoms with Gasteiger partial charge in [-0.25, -0.2) is 9.97 Å². The van der Waals surface area contributed by atoms with Crippen LogP contribution >= 0.6 is 0 Å². The first-order chi connectivity index (χ1) is 11.1. The molecule has 2 rings (SSSR count). The van der Waals surface area contributed by atoms with Crippen molar-refractivity contribution in [3.05, 3.63) is 42.4 Å². The van der Waals surface area contributed by atoms with Crippen molar-refractivity contribution in [3.8, 4) is 0 Å². The predicted octanol–water partition coefficient (Wildman–Crippen LogP) is 3.01. The fourth-order valence-electron chi connectivity index (χ4n) is 2.01. The van der Waals surface area contributed by atoms with Crippen molar-refractivity contribution in [2.24, 2.45) is 0 Å². The number of nitrogens with one attached hydrogen (secondary N) is 2. The van der Waals surface area contributed by atoms with E-state index in [2.05, 4.69) is 27.5 Å². The fourth-order valence-corrected chi connectivity index (χ4v) is 2.01. The van der Waals surface area contributed by atoms with Crippen molar-refractivity contribution in [2.75, 3.05) is 36.2 Å². The second kappa shape index (κ2) is 8.12. The second-order valence-corrected chi connectivity index (χ2v) is 5.46. The molecule has 1 aromatic heterocycles. The molecule has 0 saturated carbocycles. The van der Waals surface area contributed by atoms with Crippen LogP contribution in [-0.2, 0) is 0 Å². The zero-order chi connectivity index (χ0) is 16.7. The van der Waals surface area contributed by atoms with Crippen LogP contribution < -0.4 is 15.5 Å². The molecule has 0 saturated heterocycles. The smallest absolute Gasteiger partial charge is 0.274 e. The second-order valence-electron chi connectivity index (χ2n) is 5.46. The Labute approximate surface area is 137 Å². The quantitative estimate of drug-likeness (QED) is 0.769. The number of carbonyl (C=O) groups excluding carboxylic acids is 1. The molecule has 0 spiro atoms. The Kier molecular flexibility index (Phi) is 5.91. The minimum atomic E-state index is -0.247. The van der Waals surface area contributed by atoms with E-state index in [1.807, 2.05) is 43.3 Å². The first kappa shape index (κ1) is 16.7. The van der Waals surface area contributed by atoms with E-state index < -0.39 is 0 Å². The van der Waals surface area contributed by atoms with Crippen LogP contribution in [0.4, 0.5) is 17.2 Å². The summed E-state index contributed by atoms with van der Waals surface area (Å²) in [5.74, 6) is 0.421. The molecule has 0 aliphatic carbocycles. The van der Waals surface area contributed by atoms with E-state index in [1.54, 1.807) is 6.07 Å². The Bertz CT molecular complexity index is 640. The van der Waals surface area contributed by atoms with Gasteiger partial charge in [0.2, 0.25) is 0 Å². The van der Waals surface area contributed by atoms with Crippen molar-refractivity contribution in [1.82, 2.24) is 9.97 Å². The van der Waals surface area contributed by atoms with E-state index in [4.69, 9.17) is 0 Å². The van der Waals surface area contributed by atoms with Crippen LogP contribution in [0.1, 0.15) is 30.3 Å². The van der Waals surface area contributed by atoms with Crippen LogP contribution in [0, 0.1) is 0 Å². The van der Waals surface area contributed by atoms with Gasteiger partial charge in [0.05, 0.1) is 0 Å². The maximum Gasteiger partial charge on any atom is 0.274 e. The Morgan fingerprint density at radius 2 is 1.91 bits per heavy atom. The first-order valence-corrected chi connectivity index (χ1v) is 7.75. The summed E-state index contributed by atoms with van der Waals surface area (Å²) in [6.45, 7) is 2.96. The van der Waals surface area contributed by atoms with Gasteiger partial charge in [-0.2, -0.15) is 0 Å². The Morgan fingerprint density at radius 3 is 2.57 bits per heavy atom. The number of aromatic nitrogens is 2. The van der Waals surface area contributed by atoms with Gasteiger partial charge >= 0.3 is 0 Å². The van der Waals surface area contributed by atoms with Gasteiger partial charge in [0.1, 0.15) is 17.8 Å². The molecule has 1 amide bonds. The third-order valence-electron chi connectivity index (χ3n) is 3.38. The summed E-state index contributed by atoms with van der Waals surface area (Å²) in [5, 5.41) is 6.03. The standard InChI is InChI=1S/C17H23N5O/c1-4-5-10-18-16-11-15(19-12-20-16)17(23)21-13-6-8-14(9-7-13)22(2)3/h6-9,11-12H,4-5,10H2,1-3H3,(H,21,23)(H,18,19,20). The summed E-state index contributed by atoms with van der Waals surface area (Å²) in [4.78, 5) is 22.4. The lowest BCUT2D eigenvalue weighted by molar-refractivity contribution is 0.102. The predicted molar refractivity (Wildman–Crippen MR) is 94.2 cm³/mol. The normalized spacial score (nSPS) is 10.2. The molecular formula is C17H23N5O. The summed E-state index contributed by atoms with van der Waals surface area (Å²) in [6, 6.07) is 9.31. The van der Waals surface area contributed by atoms with Crippen LogP contribution in [-0.4, -0.2) is 36.5 Å². The molecule has 0 bridgehead atoms. The van der Waals surface area contributed by atoms with E-state index >= 15 is 0 Å². The number of unbranched alkanes of at least 4 members (excludes halogenated alkanes) is 1. The van der Waals surface area contributed by atoms with E-state index in [0.29, 0.717) is 11.5 Å². The Hall–Kier alpha value is -2.63. The highest BCUT2D eigenvalue weighted by atomic mass is 16.1. The highest BCUT2D eigenvalue weighted by Gasteiger charge is 2.09. The van der Waals surface area contributed by atoms with E-state index in [1.165, 1.54) is 6.33 Å². The van der Waals surface area contributed by atoms with Crippen molar-refractivity contribution in [3.63, 3.8) is 0 Å². The largest absolute Gasteiger partial charge is 0.378 e. The summed E-state index contributed by atoms with van der Waals surface area (Å²) in [6.07, 6.45) is 3.57. The van der Waals surface area contributed by atoms with Gasteiger partial charge in [-0.3, -0.25) is 4.79 Å². The molecular weight excluding hydrogens is 290 g/mol. The lowest BCUT2D eigenvalue weighted by Crippen LogP contribution is -2.15. The molecule has 0 atom stereocenters. The minimum Gasteiger partial charge on any atom is -0.378 e. The number of hydrogen-bond acceptors (Lipinski definition) is 5. The molecule has 0 aliphatic heterocycles. The van der Waals surface area contributed by atoms with Gasteiger partial charge in [0, 0.05) is 38.1 Å². The summed E-state index contributed by atoms with van der Waals surface area (Å²) in [5.41, 5.74) is 2.16. The molecule has 2 N–H and O–H groups in total. The van der Waals surface area contributed by atoms with E-state index in [0.717, 1.165) is 30.8 Å². The molecule has 0 aliphatic rings. The SMILES string of the molecule is CCCCNc1cc(C(=O)Nc2ccc(N(C)C)cc2)ncn1. The maximum atomic E-state index is 12.3. The topological polar surface area (TPSA) is 70.2 Å². The number of carbonyl (C=O) groups is 1. The highest BCUT2D eigenvalue weighted by Crippen LogP contribution is 2.16. The number of anilines is 3. The molecule has 6 heteroatoms. The molecule has 2 aromatic rings. The molecule has 0 radical (unpaired) electrons. The van der Waals surface area contributed by atoms with Crippen LogP contribution in [0.2, 0.25) is 0 Å². The number of rotatable bonds is 7. The molecule has 0 fully saturated rings. The third-order valence-corrected chi connectivity index (χ3v) is 3.38. The lowest BCUT2D eigenvalue weighted by Gasteiger charge is -2.13. The first-order valence-electron chi connectivity index (χ1n) is 7.75. The summed E-state index contributed by atoms with van der Waals surface area (Å²) >= 11 is 0. The lowest BCUT2D eigenvalue weighted by atomic mass is 10.2. The van der Waals surface area contributed by atoms with Gasteiger partial charge < -0.3 is 15.5 Å². The third kappa shape index (κ3) is 4.95. The summed E-state index contributed by atoms with van der Waals surface area (Å²) < 4.78 is 0. The van der Waals surface area contributed by atoms with Crippen LogP contribution in [0.3, 0.4) is 0 Å². The minimum absolute atomic E-state index is 0.247. The van der Waals surface area contributed by atoms with Crippen molar-refractivity contribution in [1.29, 1.82) is 0 Å². The number of nitrogens with zero attached hydrogens (tertiary/aromatic N) is 3. The maximum absolute atomic E-state index is 12.3. The van der Waals surface area contributed by atoms with E-state index in [-0.39, 0.29) is 5.91 Å². The fraction of sp³-hybridized carbons (Fsp3) is 0.353. The number of hydrogen-bond donors (Lipinski definition) is 2. The van der Waals surface area contributed by atoms with Gasteiger partial charge in [-0.05, 0) is 30.7 Å². The molecule has 0 unspecified atom stereocenters. The van der Waals surface area contributed by atoms with Crippen molar-refractivity contribution >= 4 is 23.1 Å². The number of amides is 1. The van der Waals surface area contributed by atoms with Gasteiger partial charge in [0.25, 0.3) is 5.91 Å². The average molecular weight is 313 g/mol. The van der Waals surface area contributed by atoms with Gasteiger partial charge in [-0.15, -0.1) is 0 Å². The molecule has 1 heterocycles. The Morgan fingerprint density at radius 1 is 1.17 bits per heavy atom. The Balaban J connectivity index is 2.01. The van der Waals surface area contributed by atoms with Crippen LogP contribution in [0.15, 0.2) is 36.7 Å². The van der Waals surface area contributed by atoms with E-state index in [9.17, 15) is 4.79 Å². The van der Waals surface area contributed by atoms with Crippen LogP contribution in [0.5, 0.6) is 0 Å². The van der Waals surface area contributed by atoms with Gasteiger partial charge in [-0.1, -0.05) is 13.3 Å². The highest BCUT2D eigenvalue weighted by molar-refractivity contribution is 6.03. The van der Waals surface area contributed by atoms with Crippen LogP contribution in [0.25, 0.3) is 0 Å². The van der Waals surface area contributed by atoms with Gasteiger partial charge in [0.15, 0.2) is 0 Å². The van der Waals surface area contributed by atoms with Crippen molar-refractivity contribution in [2.45, 2.75) is 19.8 Å².